The number of rotatable bonds is 6. The first-order valence-corrected chi connectivity index (χ1v) is 7.39. The van der Waals surface area contributed by atoms with Crippen molar-refractivity contribution >= 4 is 34.5 Å². The molecule has 0 aromatic carbocycles. The summed E-state index contributed by atoms with van der Waals surface area (Å²) in [7, 11) is 0. The second-order valence-corrected chi connectivity index (χ2v) is 6.60. The maximum Gasteiger partial charge on any atom is 0.0991 e. The number of halogens is 2. The van der Waals surface area contributed by atoms with Crippen LogP contribution in [0.3, 0.4) is 0 Å². The third-order valence-corrected chi connectivity index (χ3v) is 4.72. The third-order valence-electron chi connectivity index (χ3n) is 3.20. The van der Waals surface area contributed by atoms with Crippen molar-refractivity contribution in [2.45, 2.75) is 45.3 Å². The lowest BCUT2D eigenvalue weighted by Crippen LogP contribution is -2.40. The van der Waals surface area contributed by atoms with Crippen molar-refractivity contribution in [3.63, 3.8) is 0 Å². The SMILES string of the molecule is CCC(O)(CC)CNC(C)c1cc(Cl)sc1Cl. The Morgan fingerprint density at radius 3 is 2.41 bits per heavy atom. The normalized spacial score (nSPS) is 14.0. The maximum absolute atomic E-state index is 10.2. The minimum absolute atomic E-state index is 0.0934. The van der Waals surface area contributed by atoms with Gasteiger partial charge in [0.1, 0.15) is 0 Å². The molecule has 0 fully saturated rings. The van der Waals surface area contributed by atoms with Gasteiger partial charge in [-0.3, -0.25) is 0 Å². The molecule has 1 atom stereocenters. The molecular formula is C12H19Cl2NOS. The molecule has 0 saturated heterocycles. The van der Waals surface area contributed by atoms with Gasteiger partial charge in [0.05, 0.1) is 14.3 Å². The van der Waals surface area contributed by atoms with Crippen LogP contribution in [0.25, 0.3) is 0 Å². The summed E-state index contributed by atoms with van der Waals surface area (Å²) in [5.41, 5.74) is 0.358. The van der Waals surface area contributed by atoms with E-state index in [4.69, 9.17) is 23.2 Å². The van der Waals surface area contributed by atoms with Crippen molar-refractivity contribution in [3.8, 4) is 0 Å². The van der Waals surface area contributed by atoms with Crippen LogP contribution in [-0.4, -0.2) is 17.3 Å². The highest BCUT2D eigenvalue weighted by molar-refractivity contribution is 7.20. The molecule has 0 saturated carbocycles. The molecule has 1 rings (SSSR count). The highest BCUT2D eigenvalue weighted by Crippen LogP contribution is 2.34. The smallest absolute Gasteiger partial charge is 0.0991 e. The number of hydrogen-bond donors (Lipinski definition) is 2. The minimum Gasteiger partial charge on any atom is -0.389 e. The Morgan fingerprint density at radius 1 is 1.41 bits per heavy atom. The van der Waals surface area contributed by atoms with E-state index in [0.29, 0.717) is 15.2 Å². The molecule has 98 valence electrons. The van der Waals surface area contributed by atoms with Gasteiger partial charge in [0.2, 0.25) is 0 Å². The van der Waals surface area contributed by atoms with E-state index in [1.807, 2.05) is 26.8 Å². The van der Waals surface area contributed by atoms with Crippen LogP contribution in [-0.2, 0) is 0 Å². The molecular weight excluding hydrogens is 277 g/mol. The first-order valence-electron chi connectivity index (χ1n) is 5.82. The van der Waals surface area contributed by atoms with Crippen LogP contribution in [0.1, 0.15) is 45.2 Å². The molecule has 0 aliphatic rings. The molecule has 0 spiro atoms. The summed E-state index contributed by atoms with van der Waals surface area (Å²) in [4.78, 5) is 0. The average molecular weight is 296 g/mol. The standard InChI is InChI=1S/C12H19Cl2NOS/c1-4-12(16,5-2)7-15-8(3)9-6-10(13)17-11(9)14/h6,8,15-16H,4-5,7H2,1-3H3. The van der Waals surface area contributed by atoms with Gasteiger partial charge in [-0.15, -0.1) is 11.3 Å². The van der Waals surface area contributed by atoms with Crippen molar-refractivity contribution in [3.05, 3.63) is 20.3 Å². The second-order valence-electron chi connectivity index (χ2n) is 4.31. The molecule has 0 amide bonds. The number of nitrogens with one attached hydrogen (secondary N) is 1. The summed E-state index contributed by atoms with van der Waals surface area (Å²) in [5, 5.41) is 13.5. The molecule has 17 heavy (non-hydrogen) atoms. The predicted molar refractivity (Wildman–Crippen MR) is 76.3 cm³/mol. The van der Waals surface area contributed by atoms with Gasteiger partial charge in [-0.2, -0.15) is 0 Å². The lowest BCUT2D eigenvalue weighted by molar-refractivity contribution is 0.0303. The Morgan fingerprint density at radius 2 is 2.00 bits per heavy atom. The second kappa shape index (κ2) is 6.39. The summed E-state index contributed by atoms with van der Waals surface area (Å²) in [5.74, 6) is 0. The molecule has 2 nitrogen and oxygen atoms in total. The van der Waals surface area contributed by atoms with E-state index in [1.165, 1.54) is 11.3 Å². The summed E-state index contributed by atoms with van der Waals surface area (Å²) < 4.78 is 1.41. The summed E-state index contributed by atoms with van der Waals surface area (Å²) in [6.07, 6.45) is 1.47. The van der Waals surface area contributed by atoms with Crippen LogP contribution in [0.4, 0.5) is 0 Å². The Labute approximate surface area is 117 Å². The minimum atomic E-state index is -0.638. The van der Waals surface area contributed by atoms with Crippen LogP contribution >= 0.6 is 34.5 Å². The van der Waals surface area contributed by atoms with E-state index in [9.17, 15) is 5.11 Å². The molecule has 1 aromatic rings. The van der Waals surface area contributed by atoms with Crippen LogP contribution in [0, 0.1) is 0 Å². The zero-order chi connectivity index (χ0) is 13.1. The van der Waals surface area contributed by atoms with Gasteiger partial charge in [0.15, 0.2) is 0 Å². The first-order chi connectivity index (χ1) is 7.91. The lowest BCUT2D eigenvalue weighted by atomic mass is 9.97. The van der Waals surface area contributed by atoms with Gasteiger partial charge >= 0.3 is 0 Å². The Balaban J connectivity index is 2.61. The summed E-state index contributed by atoms with van der Waals surface area (Å²) in [6.45, 7) is 6.57. The molecule has 0 bridgehead atoms. The zero-order valence-corrected chi connectivity index (χ0v) is 12.7. The molecule has 0 aliphatic heterocycles. The fourth-order valence-corrected chi connectivity index (χ4v) is 3.25. The average Bonchev–Trinajstić information content (AvgIpc) is 2.65. The topological polar surface area (TPSA) is 32.3 Å². The van der Waals surface area contributed by atoms with Gasteiger partial charge in [-0.1, -0.05) is 37.0 Å². The third kappa shape index (κ3) is 4.11. The monoisotopic (exact) mass is 295 g/mol. The maximum atomic E-state index is 10.2. The van der Waals surface area contributed by atoms with E-state index >= 15 is 0 Å². The van der Waals surface area contributed by atoms with Crippen molar-refractivity contribution in [1.29, 1.82) is 0 Å². The van der Waals surface area contributed by atoms with Crippen LogP contribution in [0.15, 0.2) is 6.07 Å². The van der Waals surface area contributed by atoms with Gasteiger partial charge in [0.25, 0.3) is 0 Å². The molecule has 0 aliphatic carbocycles. The fraction of sp³-hybridized carbons (Fsp3) is 0.667. The lowest BCUT2D eigenvalue weighted by Gasteiger charge is -2.27. The number of hydrogen-bond acceptors (Lipinski definition) is 3. The van der Waals surface area contributed by atoms with Crippen molar-refractivity contribution in [2.75, 3.05) is 6.54 Å². The Bertz CT molecular complexity index is 363. The Hall–Kier alpha value is 0.200. The van der Waals surface area contributed by atoms with Crippen LogP contribution in [0.2, 0.25) is 8.67 Å². The van der Waals surface area contributed by atoms with Crippen molar-refractivity contribution in [2.24, 2.45) is 0 Å². The van der Waals surface area contributed by atoms with E-state index in [0.717, 1.165) is 18.4 Å². The van der Waals surface area contributed by atoms with E-state index < -0.39 is 5.60 Å². The van der Waals surface area contributed by atoms with Gasteiger partial charge in [-0.25, -0.2) is 0 Å². The van der Waals surface area contributed by atoms with Crippen molar-refractivity contribution < 1.29 is 5.11 Å². The molecule has 1 unspecified atom stereocenters. The van der Waals surface area contributed by atoms with Gasteiger partial charge in [0, 0.05) is 12.6 Å². The number of thiophene rings is 1. The molecule has 2 N–H and O–H groups in total. The predicted octanol–water partition coefficient (Wildman–Crippen LogP) is 4.26. The van der Waals surface area contributed by atoms with Gasteiger partial charge in [-0.05, 0) is 31.4 Å². The van der Waals surface area contributed by atoms with E-state index in [2.05, 4.69) is 5.32 Å². The number of aliphatic hydroxyl groups is 1. The fourth-order valence-electron chi connectivity index (χ4n) is 1.60. The highest BCUT2D eigenvalue weighted by atomic mass is 35.5. The molecule has 1 heterocycles. The van der Waals surface area contributed by atoms with E-state index in [-0.39, 0.29) is 6.04 Å². The quantitative estimate of drug-likeness (QED) is 0.822. The largest absolute Gasteiger partial charge is 0.389 e. The van der Waals surface area contributed by atoms with Crippen LogP contribution in [0.5, 0.6) is 0 Å². The van der Waals surface area contributed by atoms with Gasteiger partial charge < -0.3 is 10.4 Å². The zero-order valence-electron chi connectivity index (χ0n) is 10.4. The molecule has 1 aromatic heterocycles. The molecule has 0 radical (unpaired) electrons. The highest BCUT2D eigenvalue weighted by Gasteiger charge is 2.23. The first kappa shape index (κ1) is 15.3. The summed E-state index contributed by atoms with van der Waals surface area (Å²) >= 11 is 13.4. The molecule has 5 heteroatoms. The van der Waals surface area contributed by atoms with Crippen molar-refractivity contribution in [1.82, 2.24) is 5.32 Å². The Kier molecular flexibility index (Phi) is 5.74. The van der Waals surface area contributed by atoms with Crippen LogP contribution < -0.4 is 5.32 Å². The van der Waals surface area contributed by atoms with E-state index in [1.54, 1.807) is 0 Å². The summed E-state index contributed by atoms with van der Waals surface area (Å²) in [6, 6.07) is 1.97.